The van der Waals surface area contributed by atoms with Gasteiger partial charge >= 0.3 is 0 Å². The summed E-state index contributed by atoms with van der Waals surface area (Å²) in [7, 11) is 0. The summed E-state index contributed by atoms with van der Waals surface area (Å²) in [6.45, 7) is 6.88. The number of ether oxygens (including phenoxy) is 1. The van der Waals surface area contributed by atoms with E-state index >= 15 is 0 Å². The number of nitroso groups, excluding NO2 is 1. The first-order valence-corrected chi connectivity index (χ1v) is 6.99. The summed E-state index contributed by atoms with van der Waals surface area (Å²) in [5.41, 5.74) is 3.63. The van der Waals surface area contributed by atoms with E-state index in [1.807, 2.05) is 26.0 Å². The highest BCUT2D eigenvalue weighted by Crippen LogP contribution is 2.31. The van der Waals surface area contributed by atoms with E-state index in [1.165, 1.54) is 5.56 Å². The van der Waals surface area contributed by atoms with Gasteiger partial charge in [-0.3, -0.25) is 4.98 Å². The molecule has 0 atom stereocenters. The van der Waals surface area contributed by atoms with Crippen molar-refractivity contribution in [1.29, 1.82) is 0 Å². The number of unbranched alkanes of at least 4 members (excludes halogenated alkanes) is 1. The highest BCUT2D eigenvalue weighted by molar-refractivity contribution is 5.87. The third-order valence-electron chi connectivity index (χ3n) is 3.38. The number of hydrogen-bond donors (Lipinski definition) is 0. The van der Waals surface area contributed by atoms with E-state index in [2.05, 4.69) is 23.2 Å². The standard InChI is InChI=1S/C16H20N2O2/c1-4-5-8-20-16-12(3)15(10-17-19)18-14-7-6-11(2)9-13(14)16/h6-7,9H,4-5,8,10H2,1-3H3. The average molecular weight is 272 g/mol. The highest BCUT2D eigenvalue weighted by atomic mass is 16.5. The number of aromatic nitrogens is 1. The number of pyridine rings is 1. The molecule has 4 heteroatoms. The van der Waals surface area contributed by atoms with Crippen molar-refractivity contribution in [3.8, 4) is 5.75 Å². The number of fused-ring (bicyclic) bond motifs is 1. The lowest BCUT2D eigenvalue weighted by Gasteiger charge is -2.14. The van der Waals surface area contributed by atoms with E-state index in [1.54, 1.807) is 0 Å². The topological polar surface area (TPSA) is 51.5 Å². The van der Waals surface area contributed by atoms with Crippen LogP contribution < -0.4 is 4.74 Å². The van der Waals surface area contributed by atoms with Gasteiger partial charge in [0.1, 0.15) is 12.3 Å². The molecule has 0 aliphatic rings. The summed E-state index contributed by atoms with van der Waals surface area (Å²) >= 11 is 0. The van der Waals surface area contributed by atoms with Gasteiger partial charge in [-0.15, -0.1) is 0 Å². The lowest BCUT2D eigenvalue weighted by atomic mass is 10.1. The largest absolute Gasteiger partial charge is 0.493 e. The second kappa shape index (κ2) is 6.46. The van der Waals surface area contributed by atoms with Gasteiger partial charge < -0.3 is 4.74 Å². The minimum absolute atomic E-state index is 0.0831. The predicted molar refractivity (Wildman–Crippen MR) is 81.1 cm³/mol. The van der Waals surface area contributed by atoms with Crippen LogP contribution >= 0.6 is 0 Å². The Kier molecular flexibility index (Phi) is 4.66. The molecule has 0 radical (unpaired) electrons. The molecule has 0 unspecified atom stereocenters. The Morgan fingerprint density at radius 1 is 1.30 bits per heavy atom. The summed E-state index contributed by atoms with van der Waals surface area (Å²) in [5.74, 6) is 0.839. The second-order valence-corrected chi connectivity index (χ2v) is 5.02. The van der Waals surface area contributed by atoms with Crippen molar-refractivity contribution in [2.75, 3.05) is 6.61 Å². The van der Waals surface area contributed by atoms with Crippen LogP contribution in [0.1, 0.15) is 36.6 Å². The van der Waals surface area contributed by atoms with Crippen molar-refractivity contribution in [1.82, 2.24) is 4.98 Å². The van der Waals surface area contributed by atoms with Gasteiger partial charge in [0.05, 0.1) is 17.8 Å². The quantitative estimate of drug-likeness (QED) is 0.582. The number of rotatable bonds is 6. The van der Waals surface area contributed by atoms with Crippen LogP contribution in [0, 0.1) is 18.8 Å². The third kappa shape index (κ3) is 2.95. The van der Waals surface area contributed by atoms with Gasteiger partial charge in [-0.2, -0.15) is 4.91 Å². The van der Waals surface area contributed by atoms with Gasteiger partial charge in [0.2, 0.25) is 0 Å². The molecular weight excluding hydrogens is 252 g/mol. The van der Waals surface area contributed by atoms with Crippen LogP contribution in [0.3, 0.4) is 0 Å². The number of nitrogens with zero attached hydrogens (tertiary/aromatic N) is 2. The fraction of sp³-hybridized carbons (Fsp3) is 0.438. The molecule has 2 rings (SSSR count). The van der Waals surface area contributed by atoms with E-state index in [4.69, 9.17) is 4.74 Å². The first kappa shape index (κ1) is 14.4. The Labute approximate surface area is 119 Å². The van der Waals surface area contributed by atoms with E-state index in [0.717, 1.165) is 35.1 Å². The van der Waals surface area contributed by atoms with Gasteiger partial charge in [0.15, 0.2) is 0 Å². The van der Waals surface area contributed by atoms with Crippen molar-refractivity contribution in [3.63, 3.8) is 0 Å². The Balaban J connectivity index is 2.55. The maximum Gasteiger partial charge on any atom is 0.133 e. The molecule has 0 fully saturated rings. The number of aryl methyl sites for hydroxylation is 1. The first-order chi connectivity index (χ1) is 9.67. The molecule has 0 aliphatic carbocycles. The Morgan fingerprint density at radius 3 is 2.80 bits per heavy atom. The molecule has 0 aliphatic heterocycles. The molecule has 0 N–H and O–H groups in total. The van der Waals surface area contributed by atoms with Gasteiger partial charge in [0, 0.05) is 10.9 Å². The lowest BCUT2D eigenvalue weighted by molar-refractivity contribution is 0.310. The minimum Gasteiger partial charge on any atom is -0.493 e. The molecule has 1 aromatic heterocycles. The van der Waals surface area contributed by atoms with E-state index in [0.29, 0.717) is 12.3 Å². The highest BCUT2D eigenvalue weighted by Gasteiger charge is 2.13. The molecule has 0 spiro atoms. The third-order valence-corrected chi connectivity index (χ3v) is 3.38. The zero-order valence-electron chi connectivity index (χ0n) is 12.3. The zero-order chi connectivity index (χ0) is 14.5. The number of hydrogen-bond acceptors (Lipinski definition) is 4. The number of benzene rings is 1. The summed E-state index contributed by atoms with van der Waals surface area (Å²) in [4.78, 5) is 15.1. The molecule has 0 bridgehead atoms. The van der Waals surface area contributed by atoms with E-state index in [-0.39, 0.29) is 6.54 Å². The molecule has 20 heavy (non-hydrogen) atoms. The smallest absolute Gasteiger partial charge is 0.133 e. The zero-order valence-corrected chi connectivity index (χ0v) is 12.3. The van der Waals surface area contributed by atoms with Gasteiger partial charge in [-0.05, 0) is 32.4 Å². The van der Waals surface area contributed by atoms with Crippen LogP contribution in [0.25, 0.3) is 10.9 Å². The predicted octanol–water partition coefficient (Wildman–Crippen LogP) is 4.30. The van der Waals surface area contributed by atoms with Crippen molar-refractivity contribution in [3.05, 3.63) is 39.9 Å². The van der Waals surface area contributed by atoms with Gasteiger partial charge in [-0.1, -0.05) is 30.2 Å². The normalized spacial score (nSPS) is 10.8. The Morgan fingerprint density at radius 2 is 2.10 bits per heavy atom. The molecule has 1 heterocycles. The summed E-state index contributed by atoms with van der Waals surface area (Å²) < 4.78 is 5.95. The van der Waals surface area contributed by atoms with Crippen LogP contribution in [0.15, 0.2) is 23.4 Å². The first-order valence-electron chi connectivity index (χ1n) is 6.99. The molecule has 0 saturated heterocycles. The second-order valence-electron chi connectivity index (χ2n) is 5.02. The summed E-state index contributed by atoms with van der Waals surface area (Å²) in [5, 5.41) is 3.97. The van der Waals surface area contributed by atoms with Gasteiger partial charge in [0.25, 0.3) is 0 Å². The fourth-order valence-corrected chi connectivity index (χ4v) is 2.21. The Bertz CT molecular complexity index is 623. The molecule has 2 aromatic rings. The molecule has 0 saturated carbocycles. The summed E-state index contributed by atoms with van der Waals surface area (Å²) in [6, 6.07) is 6.05. The monoisotopic (exact) mass is 272 g/mol. The Hall–Kier alpha value is -1.97. The van der Waals surface area contributed by atoms with E-state index in [9.17, 15) is 4.91 Å². The summed E-state index contributed by atoms with van der Waals surface area (Å²) in [6.07, 6.45) is 2.10. The molecule has 4 nitrogen and oxygen atoms in total. The van der Waals surface area contributed by atoms with Crippen LogP contribution in [-0.2, 0) is 6.54 Å². The van der Waals surface area contributed by atoms with E-state index < -0.39 is 0 Å². The van der Waals surface area contributed by atoms with Crippen molar-refractivity contribution < 1.29 is 4.74 Å². The lowest BCUT2D eigenvalue weighted by Crippen LogP contribution is -2.03. The van der Waals surface area contributed by atoms with Crippen LogP contribution in [-0.4, -0.2) is 11.6 Å². The fourth-order valence-electron chi connectivity index (χ4n) is 2.21. The molecular formula is C16H20N2O2. The molecule has 0 amide bonds. The maximum absolute atomic E-state index is 10.6. The van der Waals surface area contributed by atoms with Crippen molar-refractivity contribution >= 4 is 10.9 Å². The average Bonchev–Trinajstić information content (AvgIpc) is 2.43. The minimum atomic E-state index is 0.0831. The van der Waals surface area contributed by atoms with Crippen LogP contribution in [0.5, 0.6) is 5.75 Å². The molecule has 106 valence electrons. The van der Waals surface area contributed by atoms with Gasteiger partial charge in [-0.25, -0.2) is 0 Å². The maximum atomic E-state index is 10.6. The SMILES string of the molecule is CCCCOc1c(C)c(CN=O)nc2ccc(C)cc12. The van der Waals surface area contributed by atoms with Crippen molar-refractivity contribution in [2.24, 2.45) is 5.18 Å². The van der Waals surface area contributed by atoms with Crippen LogP contribution in [0.2, 0.25) is 0 Å². The molecule has 1 aromatic carbocycles. The van der Waals surface area contributed by atoms with Crippen LogP contribution in [0.4, 0.5) is 0 Å². The van der Waals surface area contributed by atoms with Crippen molar-refractivity contribution in [2.45, 2.75) is 40.2 Å².